The van der Waals surface area contributed by atoms with E-state index in [1.807, 2.05) is 12.3 Å². The molecule has 1 aromatic carbocycles. The van der Waals surface area contributed by atoms with Crippen molar-refractivity contribution in [2.45, 2.75) is 6.54 Å². The van der Waals surface area contributed by atoms with Crippen LogP contribution in [0.3, 0.4) is 0 Å². The van der Waals surface area contributed by atoms with Gasteiger partial charge < -0.3 is 4.90 Å². The Morgan fingerprint density at radius 2 is 2.23 bits per heavy atom. The van der Waals surface area contributed by atoms with E-state index in [1.165, 1.54) is 10.9 Å². The molecule has 0 aliphatic carbocycles. The smallest absolute Gasteiger partial charge is 0.0653 e. The maximum Gasteiger partial charge on any atom is 0.0653 e. The van der Waals surface area contributed by atoms with Crippen molar-refractivity contribution < 1.29 is 0 Å². The zero-order valence-corrected chi connectivity index (χ0v) is 7.91. The molecule has 0 bridgehead atoms. The Kier molecular flexibility index (Phi) is 2.02. The summed E-state index contributed by atoms with van der Waals surface area (Å²) in [4.78, 5) is 2.15. The van der Waals surface area contributed by atoms with Crippen molar-refractivity contribution in [2.24, 2.45) is 0 Å². The maximum absolute atomic E-state index is 4.03. The largest absolute Gasteiger partial charge is 0.305 e. The van der Waals surface area contributed by atoms with Gasteiger partial charge in [-0.3, -0.25) is 5.10 Å². The lowest BCUT2D eigenvalue weighted by molar-refractivity contribution is 0.404. The van der Waals surface area contributed by atoms with E-state index in [4.69, 9.17) is 0 Å². The number of aromatic nitrogens is 2. The van der Waals surface area contributed by atoms with Crippen LogP contribution in [0.5, 0.6) is 0 Å². The standard InChI is InChI=1S/C10H13N3/c1-13(2)7-8-4-3-5-10-9(8)6-11-12-10/h3-6H,7H2,1-2H3,(H,11,12). The number of hydrogen-bond acceptors (Lipinski definition) is 2. The SMILES string of the molecule is CN(C)Cc1cccc2[nH]ncc12. The highest BCUT2D eigenvalue weighted by Crippen LogP contribution is 2.16. The number of nitrogens with one attached hydrogen (secondary N) is 1. The first-order chi connectivity index (χ1) is 6.27. The Morgan fingerprint density at radius 3 is 3.00 bits per heavy atom. The van der Waals surface area contributed by atoms with E-state index >= 15 is 0 Å². The summed E-state index contributed by atoms with van der Waals surface area (Å²) in [6.07, 6.45) is 1.88. The van der Waals surface area contributed by atoms with E-state index in [2.05, 4.69) is 41.3 Å². The van der Waals surface area contributed by atoms with Crippen LogP contribution in [0.1, 0.15) is 5.56 Å². The van der Waals surface area contributed by atoms with E-state index in [0.29, 0.717) is 0 Å². The summed E-state index contributed by atoms with van der Waals surface area (Å²) < 4.78 is 0. The minimum Gasteiger partial charge on any atom is -0.305 e. The van der Waals surface area contributed by atoms with Gasteiger partial charge in [-0.1, -0.05) is 12.1 Å². The third-order valence-electron chi connectivity index (χ3n) is 2.06. The predicted molar refractivity (Wildman–Crippen MR) is 53.5 cm³/mol. The van der Waals surface area contributed by atoms with Gasteiger partial charge in [0.2, 0.25) is 0 Å². The van der Waals surface area contributed by atoms with E-state index in [1.54, 1.807) is 0 Å². The molecule has 0 spiro atoms. The van der Waals surface area contributed by atoms with Gasteiger partial charge in [0, 0.05) is 11.9 Å². The van der Waals surface area contributed by atoms with Gasteiger partial charge in [-0.15, -0.1) is 0 Å². The quantitative estimate of drug-likeness (QED) is 0.752. The van der Waals surface area contributed by atoms with Gasteiger partial charge in [-0.25, -0.2) is 0 Å². The highest BCUT2D eigenvalue weighted by Gasteiger charge is 2.02. The van der Waals surface area contributed by atoms with Crippen LogP contribution in [0.15, 0.2) is 24.4 Å². The van der Waals surface area contributed by atoms with Crippen molar-refractivity contribution in [3.05, 3.63) is 30.0 Å². The third kappa shape index (κ3) is 1.55. The molecule has 0 amide bonds. The summed E-state index contributed by atoms with van der Waals surface area (Å²) in [5.74, 6) is 0. The molecule has 2 aromatic rings. The molecule has 0 aliphatic heterocycles. The van der Waals surface area contributed by atoms with Crippen molar-refractivity contribution in [2.75, 3.05) is 14.1 Å². The van der Waals surface area contributed by atoms with Gasteiger partial charge in [0.15, 0.2) is 0 Å². The Bertz CT molecular complexity index is 403. The molecule has 0 saturated heterocycles. The topological polar surface area (TPSA) is 31.9 Å². The molecular formula is C10H13N3. The molecule has 0 radical (unpaired) electrons. The lowest BCUT2D eigenvalue weighted by Crippen LogP contribution is -2.10. The molecule has 3 heteroatoms. The average molecular weight is 175 g/mol. The van der Waals surface area contributed by atoms with Crippen LogP contribution in [0.2, 0.25) is 0 Å². The first-order valence-corrected chi connectivity index (χ1v) is 4.33. The number of hydrogen-bond donors (Lipinski definition) is 1. The van der Waals surface area contributed by atoms with E-state index in [-0.39, 0.29) is 0 Å². The van der Waals surface area contributed by atoms with Crippen LogP contribution in [-0.4, -0.2) is 29.2 Å². The molecule has 0 unspecified atom stereocenters. The van der Waals surface area contributed by atoms with E-state index in [0.717, 1.165) is 12.1 Å². The van der Waals surface area contributed by atoms with Crippen molar-refractivity contribution in [3.8, 4) is 0 Å². The second-order valence-electron chi connectivity index (χ2n) is 3.49. The van der Waals surface area contributed by atoms with Crippen LogP contribution in [0.4, 0.5) is 0 Å². The minimum absolute atomic E-state index is 0.955. The summed E-state index contributed by atoms with van der Waals surface area (Å²) in [6, 6.07) is 6.23. The number of fused-ring (bicyclic) bond motifs is 1. The van der Waals surface area contributed by atoms with Crippen molar-refractivity contribution in [3.63, 3.8) is 0 Å². The number of H-pyrrole nitrogens is 1. The second-order valence-corrected chi connectivity index (χ2v) is 3.49. The first-order valence-electron chi connectivity index (χ1n) is 4.33. The number of rotatable bonds is 2. The highest BCUT2D eigenvalue weighted by molar-refractivity contribution is 5.81. The molecule has 1 heterocycles. The molecule has 1 N–H and O–H groups in total. The summed E-state index contributed by atoms with van der Waals surface area (Å²) in [7, 11) is 4.14. The zero-order valence-electron chi connectivity index (χ0n) is 7.91. The van der Waals surface area contributed by atoms with Gasteiger partial charge in [-0.05, 0) is 25.7 Å². The monoisotopic (exact) mass is 175 g/mol. The third-order valence-corrected chi connectivity index (χ3v) is 2.06. The van der Waals surface area contributed by atoms with Gasteiger partial charge in [-0.2, -0.15) is 5.10 Å². The lowest BCUT2D eigenvalue weighted by atomic mass is 10.1. The fraction of sp³-hybridized carbons (Fsp3) is 0.300. The molecule has 0 fully saturated rings. The van der Waals surface area contributed by atoms with Gasteiger partial charge in [0.25, 0.3) is 0 Å². The lowest BCUT2D eigenvalue weighted by Gasteiger charge is -2.09. The highest BCUT2D eigenvalue weighted by atomic mass is 15.1. The molecule has 13 heavy (non-hydrogen) atoms. The molecule has 0 saturated carbocycles. The Morgan fingerprint density at radius 1 is 1.38 bits per heavy atom. The molecule has 2 rings (SSSR count). The molecule has 0 atom stereocenters. The van der Waals surface area contributed by atoms with Crippen molar-refractivity contribution >= 4 is 10.9 Å². The first kappa shape index (κ1) is 8.26. The average Bonchev–Trinajstić information content (AvgIpc) is 2.51. The Balaban J connectivity index is 2.48. The minimum atomic E-state index is 0.955. The Hall–Kier alpha value is -1.35. The summed E-state index contributed by atoms with van der Waals surface area (Å²) in [5, 5.41) is 8.21. The molecule has 3 nitrogen and oxygen atoms in total. The van der Waals surface area contributed by atoms with E-state index < -0.39 is 0 Å². The summed E-state index contributed by atoms with van der Waals surface area (Å²) in [5.41, 5.74) is 2.43. The Labute approximate surface area is 77.4 Å². The summed E-state index contributed by atoms with van der Waals surface area (Å²) >= 11 is 0. The van der Waals surface area contributed by atoms with Crippen LogP contribution in [0.25, 0.3) is 10.9 Å². The number of aromatic amines is 1. The normalized spacial score (nSPS) is 11.3. The maximum atomic E-state index is 4.03. The second kappa shape index (κ2) is 3.18. The predicted octanol–water partition coefficient (Wildman–Crippen LogP) is 1.62. The molecular weight excluding hydrogens is 162 g/mol. The van der Waals surface area contributed by atoms with Crippen LogP contribution in [-0.2, 0) is 6.54 Å². The number of nitrogens with zero attached hydrogens (tertiary/aromatic N) is 2. The van der Waals surface area contributed by atoms with Gasteiger partial charge in [0.1, 0.15) is 0 Å². The van der Waals surface area contributed by atoms with E-state index in [9.17, 15) is 0 Å². The fourth-order valence-electron chi connectivity index (χ4n) is 1.51. The molecule has 1 aromatic heterocycles. The fourth-order valence-corrected chi connectivity index (χ4v) is 1.51. The number of benzene rings is 1. The van der Waals surface area contributed by atoms with Crippen molar-refractivity contribution in [1.29, 1.82) is 0 Å². The van der Waals surface area contributed by atoms with Crippen LogP contribution in [0, 0.1) is 0 Å². The molecule has 68 valence electrons. The van der Waals surface area contributed by atoms with Gasteiger partial charge >= 0.3 is 0 Å². The van der Waals surface area contributed by atoms with Gasteiger partial charge in [0.05, 0.1) is 11.7 Å². The zero-order chi connectivity index (χ0) is 9.26. The molecule has 0 aliphatic rings. The van der Waals surface area contributed by atoms with Crippen molar-refractivity contribution in [1.82, 2.24) is 15.1 Å². The van der Waals surface area contributed by atoms with Crippen LogP contribution >= 0.6 is 0 Å². The summed E-state index contributed by atoms with van der Waals surface area (Å²) in [6.45, 7) is 0.955. The van der Waals surface area contributed by atoms with Crippen LogP contribution < -0.4 is 0 Å².